The van der Waals surface area contributed by atoms with Gasteiger partial charge in [0.05, 0.1) is 32.0 Å². The van der Waals surface area contributed by atoms with Crippen molar-refractivity contribution in [1.29, 1.82) is 10.5 Å². The van der Waals surface area contributed by atoms with Crippen molar-refractivity contribution in [2.45, 2.75) is 45.4 Å². The van der Waals surface area contributed by atoms with E-state index in [0.717, 1.165) is 4.47 Å². The molecule has 1 saturated carbocycles. The Morgan fingerprint density at radius 3 is 2.31 bits per heavy atom. The molecular weight excluding hydrogens is 436 g/mol. The lowest BCUT2D eigenvalue weighted by atomic mass is 9.93. The van der Waals surface area contributed by atoms with Crippen molar-refractivity contribution in [3.8, 4) is 17.9 Å². The molecule has 7 nitrogen and oxygen atoms in total. The molecule has 2 aliphatic rings. The molecule has 8 heteroatoms. The lowest BCUT2D eigenvalue weighted by Crippen LogP contribution is -2.44. The van der Waals surface area contributed by atoms with Gasteiger partial charge >= 0.3 is 0 Å². The van der Waals surface area contributed by atoms with Crippen LogP contribution in [0.4, 0.5) is 0 Å². The topological polar surface area (TPSA) is 114 Å². The van der Waals surface area contributed by atoms with Gasteiger partial charge in [-0.2, -0.15) is 10.5 Å². The van der Waals surface area contributed by atoms with Crippen LogP contribution >= 0.6 is 15.9 Å². The van der Waals surface area contributed by atoms with Gasteiger partial charge in [0, 0.05) is 16.0 Å². The smallest absolute Gasteiger partial charge is 0.293 e. The molecule has 154 valence electrons. The summed E-state index contributed by atoms with van der Waals surface area (Å²) in [6.07, 6.45) is 1.42. The number of benzene rings is 1. The van der Waals surface area contributed by atoms with Crippen LogP contribution in [0.2, 0.25) is 0 Å². The Balaban J connectivity index is 2.22. The standard InChI is InChI=1S/C21H25BrN4O3/c1-4-9-28-21(29-10-5-2)20(13-24)17(19(20,12-23)18(25)26-21)15-11-14(22)7-8-16(15)27-6-3/h7-8,11,17H,4-6,9-10H2,1-3H3,(H2,25,26). The molecule has 1 fully saturated rings. The zero-order valence-electron chi connectivity index (χ0n) is 16.9. The first kappa shape index (κ1) is 21.6. The fourth-order valence-electron chi connectivity index (χ4n) is 4.34. The van der Waals surface area contributed by atoms with E-state index < -0.39 is 22.7 Å². The number of hydrogen-bond donors (Lipinski definition) is 1. The van der Waals surface area contributed by atoms with E-state index >= 15 is 0 Å². The number of amidine groups is 1. The number of nitrogens with zero attached hydrogens (tertiary/aromatic N) is 3. The van der Waals surface area contributed by atoms with Crippen LogP contribution in [0.3, 0.4) is 0 Å². The summed E-state index contributed by atoms with van der Waals surface area (Å²) in [6.45, 7) is 6.91. The second kappa shape index (κ2) is 7.95. The Morgan fingerprint density at radius 2 is 1.79 bits per heavy atom. The van der Waals surface area contributed by atoms with Crippen molar-refractivity contribution in [1.82, 2.24) is 0 Å². The summed E-state index contributed by atoms with van der Waals surface area (Å²) in [4.78, 5) is 4.44. The molecule has 0 amide bonds. The lowest BCUT2D eigenvalue weighted by Gasteiger charge is -2.32. The van der Waals surface area contributed by atoms with Gasteiger partial charge in [-0.05, 0) is 38.0 Å². The summed E-state index contributed by atoms with van der Waals surface area (Å²) in [5.74, 6) is -1.53. The predicted molar refractivity (Wildman–Crippen MR) is 111 cm³/mol. The molecule has 1 heterocycles. The van der Waals surface area contributed by atoms with Gasteiger partial charge in [-0.3, -0.25) is 0 Å². The number of nitrogens with two attached hydrogens (primary N) is 1. The summed E-state index contributed by atoms with van der Waals surface area (Å²) in [5, 5.41) is 20.6. The van der Waals surface area contributed by atoms with E-state index in [2.05, 4.69) is 33.1 Å². The first-order valence-electron chi connectivity index (χ1n) is 9.83. The molecule has 0 aromatic heterocycles. The third kappa shape index (κ3) is 2.78. The number of nitriles is 2. The van der Waals surface area contributed by atoms with E-state index in [1.807, 2.05) is 39.0 Å². The third-order valence-corrected chi connectivity index (χ3v) is 6.01. The van der Waals surface area contributed by atoms with E-state index in [0.29, 0.717) is 44.0 Å². The number of rotatable bonds is 9. The van der Waals surface area contributed by atoms with Gasteiger partial charge in [0.15, 0.2) is 5.41 Å². The molecule has 2 N–H and O–H groups in total. The molecule has 1 aromatic carbocycles. The van der Waals surface area contributed by atoms with Gasteiger partial charge in [0.2, 0.25) is 0 Å². The quantitative estimate of drug-likeness (QED) is 0.559. The number of fused-ring (bicyclic) bond motifs is 1. The van der Waals surface area contributed by atoms with Gasteiger partial charge in [-0.1, -0.05) is 29.8 Å². The molecule has 0 bridgehead atoms. The fourth-order valence-corrected chi connectivity index (χ4v) is 4.72. The van der Waals surface area contributed by atoms with Crippen molar-refractivity contribution in [3.05, 3.63) is 28.2 Å². The molecule has 0 saturated heterocycles. The van der Waals surface area contributed by atoms with Crippen LogP contribution in [0.5, 0.6) is 5.75 Å². The number of ether oxygens (including phenoxy) is 3. The zero-order chi connectivity index (χ0) is 21.3. The zero-order valence-corrected chi connectivity index (χ0v) is 18.5. The molecule has 3 unspecified atom stereocenters. The molecule has 29 heavy (non-hydrogen) atoms. The van der Waals surface area contributed by atoms with Crippen LogP contribution in [-0.2, 0) is 9.47 Å². The minimum atomic E-state index is -1.62. The number of hydrogen-bond acceptors (Lipinski definition) is 7. The molecule has 0 radical (unpaired) electrons. The first-order valence-corrected chi connectivity index (χ1v) is 10.6. The van der Waals surface area contributed by atoms with Gasteiger partial charge in [-0.25, -0.2) is 4.99 Å². The highest BCUT2D eigenvalue weighted by atomic mass is 79.9. The van der Waals surface area contributed by atoms with Crippen molar-refractivity contribution < 1.29 is 14.2 Å². The number of halogens is 1. The minimum absolute atomic E-state index is 0.0705. The van der Waals surface area contributed by atoms with Crippen LogP contribution in [0, 0.1) is 33.5 Å². The molecule has 3 atom stereocenters. The monoisotopic (exact) mass is 460 g/mol. The fraction of sp³-hybridized carbons (Fsp3) is 0.571. The summed E-state index contributed by atoms with van der Waals surface area (Å²) in [6, 6.07) is 10.2. The van der Waals surface area contributed by atoms with Crippen LogP contribution in [-0.4, -0.2) is 31.6 Å². The van der Waals surface area contributed by atoms with E-state index in [1.165, 1.54) is 0 Å². The number of aliphatic imine (C=N–C) groups is 1. The molecule has 1 aromatic rings. The first-order chi connectivity index (χ1) is 13.9. The molecule has 1 aliphatic heterocycles. The van der Waals surface area contributed by atoms with Crippen molar-refractivity contribution in [2.75, 3.05) is 19.8 Å². The predicted octanol–water partition coefficient (Wildman–Crippen LogP) is 3.84. The highest BCUT2D eigenvalue weighted by Crippen LogP contribution is 2.82. The average molecular weight is 461 g/mol. The highest BCUT2D eigenvalue weighted by Gasteiger charge is 2.94. The maximum atomic E-state index is 10.4. The van der Waals surface area contributed by atoms with Gasteiger partial charge in [-0.15, -0.1) is 0 Å². The van der Waals surface area contributed by atoms with Gasteiger partial charge in [0.1, 0.15) is 17.0 Å². The second-order valence-electron chi connectivity index (χ2n) is 7.16. The highest BCUT2D eigenvalue weighted by molar-refractivity contribution is 9.10. The lowest BCUT2D eigenvalue weighted by molar-refractivity contribution is -0.259. The Labute approximate surface area is 179 Å². The Morgan fingerprint density at radius 1 is 1.14 bits per heavy atom. The Kier molecular flexibility index (Phi) is 5.91. The van der Waals surface area contributed by atoms with E-state index in [1.54, 1.807) is 0 Å². The third-order valence-electron chi connectivity index (χ3n) is 5.51. The average Bonchev–Trinajstić information content (AvgIpc) is 3.29. The van der Waals surface area contributed by atoms with Crippen molar-refractivity contribution in [2.24, 2.45) is 21.6 Å². The van der Waals surface area contributed by atoms with Gasteiger partial charge < -0.3 is 19.9 Å². The maximum Gasteiger partial charge on any atom is 0.293 e. The maximum absolute atomic E-state index is 10.4. The molecule has 3 rings (SSSR count). The SMILES string of the molecule is CCCOC1(OCCC)N=C(N)C2(C#N)C(c3cc(Br)ccc3OCC)C12C#N. The summed E-state index contributed by atoms with van der Waals surface area (Å²) < 4.78 is 18.7. The van der Waals surface area contributed by atoms with Crippen LogP contribution in [0.1, 0.15) is 45.1 Å². The van der Waals surface area contributed by atoms with Gasteiger partial charge in [0.25, 0.3) is 5.91 Å². The minimum Gasteiger partial charge on any atom is -0.494 e. The Bertz CT molecular complexity index is 898. The van der Waals surface area contributed by atoms with E-state index in [9.17, 15) is 10.5 Å². The van der Waals surface area contributed by atoms with Crippen LogP contribution in [0.25, 0.3) is 0 Å². The summed E-state index contributed by atoms with van der Waals surface area (Å²) >= 11 is 3.48. The van der Waals surface area contributed by atoms with Crippen LogP contribution in [0.15, 0.2) is 27.7 Å². The Hall–Kier alpha value is -2.13. The largest absolute Gasteiger partial charge is 0.494 e. The van der Waals surface area contributed by atoms with Crippen molar-refractivity contribution in [3.63, 3.8) is 0 Å². The molecular formula is C21H25BrN4O3. The van der Waals surface area contributed by atoms with Crippen LogP contribution < -0.4 is 10.5 Å². The second-order valence-corrected chi connectivity index (χ2v) is 8.08. The van der Waals surface area contributed by atoms with Crippen molar-refractivity contribution >= 4 is 21.8 Å². The summed E-state index contributed by atoms with van der Waals surface area (Å²) in [7, 11) is 0. The molecule has 0 spiro atoms. The molecule has 1 aliphatic carbocycles. The summed E-state index contributed by atoms with van der Waals surface area (Å²) in [5.41, 5.74) is 4.28. The van der Waals surface area contributed by atoms with E-state index in [4.69, 9.17) is 19.9 Å². The normalized spacial score (nSPS) is 28.8. The van der Waals surface area contributed by atoms with E-state index in [-0.39, 0.29) is 5.84 Å².